The van der Waals surface area contributed by atoms with Crippen LogP contribution in [-0.4, -0.2) is 18.3 Å². The van der Waals surface area contributed by atoms with E-state index in [0.717, 1.165) is 5.46 Å². The van der Waals surface area contributed by atoms with Crippen LogP contribution in [0, 0.1) is 0 Å². The molecule has 1 heterocycles. The van der Waals surface area contributed by atoms with Gasteiger partial charge in [0.25, 0.3) is 0 Å². The van der Waals surface area contributed by atoms with E-state index in [9.17, 15) is 0 Å². The lowest BCUT2D eigenvalue weighted by molar-refractivity contribution is 0.00578. The van der Waals surface area contributed by atoms with Gasteiger partial charge >= 0.3 is 7.12 Å². The van der Waals surface area contributed by atoms with Gasteiger partial charge in [-0.2, -0.15) is 0 Å². The van der Waals surface area contributed by atoms with Gasteiger partial charge in [-0.1, -0.05) is 78.9 Å². The highest BCUT2D eigenvalue weighted by Crippen LogP contribution is 2.41. The van der Waals surface area contributed by atoms with E-state index in [-0.39, 0.29) is 11.2 Å². The zero-order valence-corrected chi connectivity index (χ0v) is 18.4. The molecule has 31 heavy (non-hydrogen) atoms. The number of rotatable bonds is 1. The third-order valence-electron chi connectivity index (χ3n) is 7.29. The molecule has 3 heteroatoms. The van der Waals surface area contributed by atoms with E-state index in [4.69, 9.17) is 9.31 Å². The largest absolute Gasteiger partial charge is 0.495 e. The quantitative estimate of drug-likeness (QED) is 0.232. The first-order valence-corrected chi connectivity index (χ1v) is 11.0. The maximum atomic E-state index is 6.48. The van der Waals surface area contributed by atoms with Gasteiger partial charge in [0.05, 0.1) is 11.2 Å². The summed E-state index contributed by atoms with van der Waals surface area (Å²) < 4.78 is 13.0. The number of fused-ring (bicyclic) bond motifs is 8. The van der Waals surface area contributed by atoms with Crippen LogP contribution in [0.15, 0.2) is 78.9 Å². The third kappa shape index (κ3) is 2.60. The predicted octanol–water partition coefficient (Wildman–Crippen LogP) is 6.60. The maximum absolute atomic E-state index is 6.48. The second-order valence-electron chi connectivity index (χ2n) is 9.61. The molecule has 0 saturated carbocycles. The summed E-state index contributed by atoms with van der Waals surface area (Å²) in [6, 6.07) is 28.4. The van der Waals surface area contributed by atoms with Gasteiger partial charge in [0, 0.05) is 0 Å². The van der Waals surface area contributed by atoms with Gasteiger partial charge in [0.1, 0.15) is 0 Å². The standard InChI is InChI=1S/C28H25BO2/c1-27(2)28(3,4)31-29(30-27)25-17-24-20-13-6-5-11-18(20)19-12-7-9-15-22(19)26(24)23-16-10-8-14-21(23)25/h5-17H,1-4H3. The molecule has 1 aliphatic heterocycles. The lowest BCUT2D eigenvalue weighted by Crippen LogP contribution is -2.41. The van der Waals surface area contributed by atoms with E-state index in [1.165, 1.54) is 43.1 Å². The molecule has 0 atom stereocenters. The van der Waals surface area contributed by atoms with Crippen LogP contribution in [0.25, 0.3) is 43.1 Å². The maximum Gasteiger partial charge on any atom is 0.495 e. The first-order valence-electron chi connectivity index (χ1n) is 11.0. The van der Waals surface area contributed by atoms with Crippen molar-refractivity contribution in [2.24, 2.45) is 0 Å². The van der Waals surface area contributed by atoms with Crippen molar-refractivity contribution in [1.82, 2.24) is 0 Å². The lowest BCUT2D eigenvalue weighted by Gasteiger charge is -2.32. The van der Waals surface area contributed by atoms with Crippen LogP contribution in [0.1, 0.15) is 27.7 Å². The molecule has 0 spiro atoms. The topological polar surface area (TPSA) is 18.5 Å². The molecule has 152 valence electrons. The average molecular weight is 404 g/mol. The van der Waals surface area contributed by atoms with Gasteiger partial charge in [-0.15, -0.1) is 0 Å². The van der Waals surface area contributed by atoms with E-state index in [1.54, 1.807) is 0 Å². The fraction of sp³-hybridized carbons (Fsp3) is 0.214. The Kier molecular flexibility index (Phi) is 3.84. The van der Waals surface area contributed by atoms with E-state index in [1.807, 2.05) is 0 Å². The highest BCUT2D eigenvalue weighted by atomic mass is 16.7. The summed E-state index contributed by atoms with van der Waals surface area (Å²) in [5.74, 6) is 0. The SMILES string of the molecule is CC1(C)OB(c2cc3c4ccccc4c4ccccc4c3c3ccccc23)OC1(C)C. The molecular formula is C28H25BO2. The minimum absolute atomic E-state index is 0.376. The molecule has 5 aromatic carbocycles. The van der Waals surface area contributed by atoms with Gasteiger partial charge in [-0.3, -0.25) is 0 Å². The smallest absolute Gasteiger partial charge is 0.399 e. The first-order chi connectivity index (χ1) is 14.9. The van der Waals surface area contributed by atoms with Crippen LogP contribution in [-0.2, 0) is 9.31 Å². The summed E-state index contributed by atoms with van der Waals surface area (Å²) in [5.41, 5.74) is 0.348. The second kappa shape index (κ2) is 6.32. The van der Waals surface area contributed by atoms with Crippen molar-refractivity contribution in [2.45, 2.75) is 38.9 Å². The molecular weight excluding hydrogens is 379 g/mol. The van der Waals surface area contributed by atoms with Crippen LogP contribution in [0.2, 0.25) is 0 Å². The molecule has 0 bridgehead atoms. The molecule has 0 amide bonds. The van der Waals surface area contributed by atoms with Gasteiger partial charge in [0.15, 0.2) is 0 Å². The highest BCUT2D eigenvalue weighted by molar-refractivity contribution is 6.66. The summed E-state index contributed by atoms with van der Waals surface area (Å²) in [6.45, 7) is 8.44. The fourth-order valence-corrected chi connectivity index (χ4v) is 4.96. The van der Waals surface area contributed by atoms with Crippen molar-refractivity contribution in [3.63, 3.8) is 0 Å². The van der Waals surface area contributed by atoms with Gasteiger partial charge in [-0.25, -0.2) is 0 Å². The highest BCUT2D eigenvalue weighted by Gasteiger charge is 2.52. The predicted molar refractivity (Wildman–Crippen MR) is 132 cm³/mol. The van der Waals surface area contributed by atoms with Crippen molar-refractivity contribution < 1.29 is 9.31 Å². The molecule has 6 rings (SSSR count). The molecule has 1 aliphatic rings. The fourth-order valence-electron chi connectivity index (χ4n) is 4.96. The van der Waals surface area contributed by atoms with Crippen LogP contribution in [0.4, 0.5) is 0 Å². The minimum atomic E-state index is -0.399. The number of hydrogen-bond acceptors (Lipinski definition) is 2. The Labute approximate surface area is 182 Å². The third-order valence-corrected chi connectivity index (χ3v) is 7.29. The number of hydrogen-bond donors (Lipinski definition) is 0. The van der Waals surface area contributed by atoms with E-state index in [2.05, 4.69) is 107 Å². The summed E-state index contributed by atoms with van der Waals surface area (Å²) >= 11 is 0. The number of benzene rings is 5. The van der Waals surface area contributed by atoms with Crippen LogP contribution >= 0.6 is 0 Å². The van der Waals surface area contributed by atoms with Crippen molar-refractivity contribution in [2.75, 3.05) is 0 Å². The molecule has 5 aromatic rings. The van der Waals surface area contributed by atoms with Crippen molar-refractivity contribution >= 4 is 55.7 Å². The van der Waals surface area contributed by atoms with Crippen LogP contribution < -0.4 is 5.46 Å². The van der Waals surface area contributed by atoms with Crippen molar-refractivity contribution in [3.8, 4) is 0 Å². The van der Waals surface area contributed by atoms with E-state index >= 15 is 0 Å². The molecule has 0 aromatic heterocycles. The van der Waals surface area contributed by atoms with E-state index in [0.29, 0.717) is 0 Å². The molecule has 1 saturated heterocycles. The molecule has 0 N–H and O–H groups in total. The summed E-state index contributed by atoms with van der Waals surface area (Å²) in [6.07, 6.45) is 0. The molecule has 0 aliphatic carbocycles. The van der Waals surface area contributed by atoms with Gasteiger partial charge < -0.3 is 9.31 Å². The second-order valence-corrected chi connectivity index (χ2v) is 9.61. The Bertz CT molecular complexity index is 1480. The first kappa shape index (κ1) is 18.9. The van der Waals surface area contributed by atoms with Gasteiger partial charge in [0.2, 0.25) is 0 Å². The van der Waals surface area contributed by atoms with E-state index < -0.39 is 7.12 Å². The molecule has 0 radical (unpaired) electrons. The molecule has 2 nitrogen and oxygen atoms in total. The Morgan fingerprint density at radius 1 is 0.516 bits per heavy atom. The molecule has 1 fully saturated rings. The Balaban J connectivity index is 1.79. The van der Waals surface area contributed by atoms with Crippen molar-refractivity contribution in [3.05, 3.63) is 78.9 Å². The normalized spacial score (nSPS) is 17.9. The Morgan fingerprint density at radius 2 is 0.903 bits per heavy atom. The van der Waals surface area contributed by atoms with Crippen molar-refractivity contribution in [1.29, 1.82) is 0 Å². The summed E-state index contributed by atoms with van der Waals surface area (Å²) in [4.78, 5) is 0. The van der Waals surface area contributed by atoms with Crippen LogP contribution in [0.3, 0.4) is 0 Å². The molecule has 0 unspecified atom stereocenters. The zero-order chi connectivity index (χ0) is 21.4. The average Bonchev–Trinajstić information content (AvgIpc) is 2.99. The summed E-state index contributed by atoms with van der Waals surface area (Å²) in [5, 5.41) is 10.1. The van der Waals surface area contributed by atoms with Crippen LogP contribution in [0.5, 0.6) is 0 Å². The Morgan fingerprint density at radius 3 is 1.45 bits per heavy atom. The summed E-state index contributed by atoms with van der Waals surface area (Å²) in [7, 11) is -0.399. The minimum Gasteiger partial charge on any atom is -0.399 e. The van der Waals surface area contributed by atoms with Gasteiger partial charge in [-0.05, 0) is 76.2 Å². The monoisotopic (exact) mass is 404 g/mol. The lowest BCUT2D eigenvalue weighted by atomic mass is 9.74. The Hall–Kier alpha value is -2.88. The zero-order valence-electron chi connectivity index (χ0n) is 18.4.